The highest BCUT2D eigenvalue weighted by atomic mass is 16.6. The predicted molar refractivity (Wildman–Crippen MR) is 70.5 cm³/mol. The zero-order valence-corrected chi connectivity index (χ0v) is 10.7. The van der Waals surface area contributed by atoms with E-state index in [-0.39, 0.29) is 11.3 Å². The van der Waals surface area contributed by atoms with Gasteiger partial charge in [0, 0.05) is 23.3 Å². The van der Waals surface area contributed by atoms with Crippen LogP contribution in [0, 0.1) is 10.1 Å². The number of hydrogen-bond acceptors (Lipinski definition) is 4. The second-order valence-electron chi connectivity index (χ2n) is 3.83. The summed E-state index contributed by atoms with van der Waals surface area (Å²) in [5.41, 5.74) is 4.61. The summed E-state index contributed by atoms with van der Waals surface area (Å²) in [5.74, 6) is -1.42. The van der Waals surface area contributed by atoms with E-state index in [1.54, 1.807) is 0 Å². The number of hydrogen-bond donors (Lipinski definition) is 1. The van der Waals surface area contributed by atoms with Crippen LogP contribution in [0.1, 0.15) is 15.9 Å². The Balaban J connectivity index is 0.000000217. The van der Waals surface area contributed by atoms with Gasteiger partial charge in [0.15, 0.2) is 0 Å². The van der Waals surface area contributed by atoms with Gasteiger partial charge in [0.05, 0.1) is 17.4 Å². The van der Waals surface area contributed by atoms with Crippen molar-refractivity contribution >= 4 is 11.7 Å². The molecule has 0 atom stereocenters. The molecule has 0 heterocycles. The molecule has 0 fully saturated rings. The van der Waals surface area contributed by atoms with Gasteiger partial charge in [0.2, 0.25) is 0 Å². The molecule has 0 saturated heterocycles. The number of carboxylic acids is 1. The van der Waals surface area contributed by atoms with Gasteiger partial charge in [-0.3, -0.25) is 10.1 Å². The molecule has 6 nitrogen and oxygen atoms in total. The molecule has 0 unspecified atom stereocenters. The van der Waals surface area contributed by atoms with E-state index >= 15 is 0 Å². The molecule has 2 aromatic rings. The molecule has 104 valence electrons. The maximum atomic E-state index is 10.2. The Bertz CT molecular complexity index is 555. The number of nitro groups is 1. The van der Waals surface area contributed by atoms with E-state index in [2.05, 4.69) is 17.9 Å². The number of non-ortho nitro benzene ring substituents is 1. The largest absolute Gasteiger partial charge is 0.545 e. The quantitative estimate of drug-likeness (QED) is 0.644. The molecule has 0 amide bonds. The molecular formula is C14H14N2O4. The van der Waals surface area contributed by atoms with Crippen molar-refractivity contribution in [2.75, 3.05) is 0 Å². The normalized spacial score (nSPS) is 9.25. The number of benzene rings is 2. The van der Waals surface area contributed by atoms with Gasteiger partial charge in [-0.25, -0.2) is 0 Å². The third-order valence-electron chi connectivity index (χ3n) is 2.42. The predicted octanol–water partition coefficient (Wildman–Crippen LogP) is 0.387. The van der Waals surface area contributed by atoms with Crippen molar-refractivity contribution < 1.29 is 20.6 Å². The lowest BCUT2D eigenvalue weighted by Crippen LogP contribution is -2.47. The maximum absolute atomic E-state index is 10.2. The maximum Gasteiger partial charge on any atom is 0.270 e. The van der Waals surface area contributed by atoms with E-state index in [0.29, 0.717) is 0 Å². The van der Waals surface area contributed by atoms with E-state index < -0.39 is 10.9 Å². The van der Waals surface area contributed by atoms with E-state index in [0.717, 1.165) is 12.6 Å². The molecule has 20 heavy (non-hydrogen) atoms. The number of carbonyl (C=O) groups excluding carboxylic acids is 1. The Morgan fingerprint density at radius 2 is 1.75 bits per heavy atom. The molecule has 6 heteroatoms. The first kappa shape index (κ1) is 15.3. The average molecular weight is 274 g/mol. The second kappa shape index (κ2) is 7.65. The summed E-state index contributed by atoms with van der Waals surface area (Å²) in [4.78, 5) is 19.7. The summed E-state index contributed by atoms with van der Waals surface area (Å²) in [7, 11) is 0. The van der Waals surface area contributed by atoms with Gasteiger partial charge in [-0.2, -0.15) is 0 Å². The molecule has 3 N–H and O–H groups in total. The van der Waals surface area contributed by atoms with Gasteiger partial charge in [-0.15, -0.1) is 0 Å². The van der Waals surface area contributed by atoms with Gasteiger partial charge in [-0.1, -0.05) is 42.5 Å². The molecule has 0 aliphatic carbocycles. The van der Waals surface area contributed by atoms with Crippen LogP contribution >= 0.6 is 0 Å². The van der Waals surface area contributed by atoms with Gasteiger partial charge in [0.25, 0.3) is 5.69 Å². The zero-order valence-electron chi connectivity index (χ0n) is 10.7. The van der Waals surface area contributed by atoms with E-state index in [1.807, 2.05) is 18.2 Å². The van der Waals surface area contributed by atoms with E-state index in [9.17, 15) is 20.0 Å². The number of rotatable bonds is 3. The molecule has 0 aliphatic heterocycles. The summed E-state index contributed by atoms with van der Waals surface area (Å²) in [5, 5.41) is 20.4. The lowest BCUT2D eigenvalue weighted by molar-refractivity contribution is -0.386. The van der Waals surface area contributed by atoms with Crippen molar-refractivity contribution in [1.82, 2.24) is 0 Å². The van der Waals surface area contributed by atoms with E-state index in [4.69, 9.17) is 0 Å². The summed E-state index contributed by atoms with van der Waals surface area (Å²) in [6.45, 7) is 0.890. The molecule has 0 aromatic heterocycles. The summed E-state index contributed by atoms with van der Waals surface area (Å²) in [6, 6.07) is 14.9. The highest BCUT2D eigenvalue weighted by molar-refractivity contribution is 5.86. The molecule has 0 aliphatic rings. The minimum Gasteiger partial charge on any atom is -0.545 e. The number of nitro benzene ring substituents is 1. The fourth-order valence-electron chi connectivity index (χ4n) is 1.39. The van der Waals surface area contributed by atoms with Crippen molar-refractivity contribution in [2.45, 2.75) is 6.54 Å². The number of nitrogens with zero attached hydrogens (tertiary/aromatic N) is 1. The van der Waals surface area contributed by atoms with Crippen LogP contribution in [0.5, 0.6) is 0 Å². The van der Waals surface area contributed by atoms with Crippen LogP contribution in [-0.2, 0) is 6.54 Å². The lowest BCUT2D eigenvalue weighted by atomic mass is 10.2. The zero-order chi connectivity index (χ0) is 15.0. The highest BCUT2D eigenvalue weighted by Gasteiger charge is 2.04. The molecule has 2 aromatic carbocycles. The first-order chi connectivity index (χ1) is 9.54. The van der Waals surface area contributed by atoms with Gasteiger partial charge in [0.1, 0.15) is 0 Å². The van der Waals surface area contributed by atoms with Crippen molar-refractivity contribution in [3.63, 3.8) is 0 Å². The Morgan fingerprint density at radius 3 is 2.20 bits per heavy atom. The first-order valence-corrected chi connectivity index (χ1v) is 5.83. The highest BCUT2D eigenvalue weighted by Crippen LogP contribution is 2.11. The first-order valence-electron chi connectivity index (χ1n) is 5.83. The van der Waals surface area contributed by atoms with Gasteiger partial charge in [-0.05, 0) is 0 Å². The smallest absolute Gasteiger partial charge is 0.270 e. The summed E-state index contributed by atoms with van der Waals surface area (Å²) < 4.78 is 0. The van der Waals surface area contributed by atoms with E-state index in [1.165, 1.54) is 23.8 Å². The summed E-state index contributed by atoms with van der Waals surface area (Å²) in [6.07, 6.45) is 0. The van der Waals surface area contributed by atoms with Crippen molar-refractivity contribution in [3.05, 3.63) is 75.8 Å². The van der Waals surface area contributed by atoms with Crippen LogP contribution < -0.4 is 10.8 Å². The van der Waals surface area contributed by atoms with Crippen LogP contribution in [0.15, 0.2) is 54.6 Å². The Morgan fingerprint density at radius 1 is 1.10 bits per heavy atom. The topological polar surface area (TPSA) is 111 Å². The second-order valence-corrected chi connectivity index (χ2v) is 3.83. The van der Waals surface area contributed by atoms with Crippen molar-refractivity contribution in [2.24, 2.45) is 0 Å². The van der Waals surface area contributed by atoms with Crippen molar-refractivity contribution in [1.29, 1.82) is 0 Å². The lowest BCUT2D eigenvalue weighted by Gasteiger charge is -1.99. The Kier molecular flexibility index (Phi) is 5.86. The van der Waals surface area contributed by atoms with Crippen LogP contribution in [-0.4, -0.2) is 10.9 Å². The number of carboxylic acid groups (broad SMARTS) is 1. The van der Waals surface area contributed by atoms with Crippen LogP contribution in [0.2, 0.25) is 0 Å². The number of quaternary nitrogens is 1. The minimum atomic E-state index is -1.42. The molecule has 2 rings (SSSR count). The molecule has 0 radical (unpaired) electrons. The monoisotopic (exact) mass is 274 g/mol. The molecular weight excluding hydrogens is 260 g/mol. The number of carbonyl (C=O) groups is 1. The van der Waals surface area contributed by atoms with Gasteiger partial charge >= 0.3 is 0 Å². The Hall–Kier alpha value is -2.73. The minimum absolute atomic E-state index is 0.191. The third kappa shape index (κ3) is 4.87. The van der Waals surface area contributed by atoms with Crippen molar-refractivity contribution in [3.8, 4) is 0 Å². The van der Waals surface area contributed by atoms with Crippen LogP contribution in [0.25, 0.3) is 0 Å². The standard InChI is InChI=1S/C7H5NO4.C7H9N/c9-7(10)5-2-1-3-6(4-5)8(11)12;8-6-7-4-2-1-3-5-7/h1-4H,(H,9,10);1-5H,6,8H2. The summed E-state index contributed by atoms with van der Waals surface area (Å²) >= 11 is 0. The molecule has 0 spiro atoms. The average Bonchev–Trinajstić information content (AvgIpc) is 2.49. The Labute approximate surface area is 115 Å². The number of aromatic carboxylic acids is 1. The fraction of sp³-hybridized carbons (Fsp3) is 0.0714. The van der Waals surface area contributed by atoms with Crippen LogP contribution in [0.4, 0.5) is 5.69 Å². The van der Waals surface area contributed by atoms with Crippen LogP contribution in [0.3, 0.4) is 0 Å². The molecule has 0 saturated carbocycles. The molecule has 0 bridgehead atoms. The van der Waals surface area contributed by atoms with Gasteiger partial charge < -0.3 is 15.6 Å². The fourth-order valence-corrected chi connectivity index (χ4v) is 1.39. The third-order valence-corrected chi connectivity index (χ3v) is 2.42. The SMILES string of the molecule is O=C([O-])c1cccc([N+](=O)[O-])c1.[NH3+]Cc1ccccc1.